The van der Waals surface area contributed by atoms with Gasteiger partial charge in [-0.05, 0) is 19.3 Å². The molecule has 2 nitrogen and oxygen atoms in total. The molecule has 0 heterocycles. The second-order valence-corrected chi connectivity index (χ2v) is 3.90. The van der Waals surface area contributed by atoms with E-state index in [0.29, 0.717) is 25.0 Å². The molecule has 1 rings (SSSR count). The molecule has 0 aromatic heterocycles. The standard InChI is InChI=1S/C11H18O2/c1-2-5-11(13)9-6-3-4-7-10(12)8-9/h9H,2-8H2,1H3. The largest absolute Gasteiger partial charge is 0.300 e. The Labute approximate surface area is 79.7 Å². The van der Waals surface area contributed by atoms with E-state index in [0.717, 1.165) is 25.7 Å². The lowest BCUT2D eigenvalue weighted by Crippen LogP contribution is -2.16. The zero-order chi connectivity index (χ0) is 9.68. The van der Waals surface area contributed by atoms with Crippen LogP contribution < -0.4 is 0 Å². The van der Waals surface area contributed by atoms with E-state index < -0.39 is 0 Å². The van der Waals surface area contributed by atoms with Gasteiger partial charge < -0.3 is 0 Å². The van der Waals surface area contributed by atoms with Crippen molar-refractivity contribution in [2.45, 2.75) is 51.9 Å². The Kier molecular flexibility index (Phi) is 4.13. The Morgan fingerprint density at radius 1 is 1.46 bits per heavy atom. The molecule has 0 amide bonds. The van der Waals surface area contributed by atoms with Crippen molar-refractivity contribution in [3.8, 4) is 0 Å². The highest BCUT2D eigenvalue weighted by Crippen LogP contribution is 2.22. The highest BCUT2D eigenvalue weighted by molar-refractivity contribution is 5.88. The van der Waals surface area contributed by atoms with Gasteiger partial charge in [0.15, 0.2) is 0 Å². The third-order valence-corrected chi connectivity index (χ3v) is 2.68. The van der Waals surface area contributed by atoms with Crippen LogP contribution in [-0.2, 0) is 9.59 Å². The van der Waals surface area contributed by atoms with Gasteiger partial charge in [-0.1, -0.05) is 13.3 Å². The van der Waals surface area contributed by atoms with Crippen LogP contribution in [0.15, 0.2) is 0 Å². The van der Waals surface area contributed by atoms with Gasteiger partial charge in [0.25, 0.3) is 0 Å². The maximum Gasteiger partial charge on any atom is 0.136 e. The topological polar surface area (TPSA) is 34.1 Å². The van der Waals surface area contributed by atoms with E-state index in [-0.39, 0.29) is 11.7 Å². The minimum atomic E-state index is 0.0509. The van der Waals surface area contributed by atoms with Gasteiger partial charge in [0.2, 0.25) is 0 Å². The zero-order valence-electron chi connectivity index (χ0n) is 8.34. The number of hydrogen-bond acceptors (Lipinski definition) is 2. The molecular weight excluding hydrogens is 164 g/mol. The van der Waals surface area contributed by atoms with Crippen molar-refractivity contribution < 1.29 is 9.59 Å². The number of hydrogen-bond donors (Lipinski definition) is 0. The van der Waals surface area contributed by atoms with Crippen LogP contribution in [0, 0.1) is 5.92 Å². The molecule has 0 aromatic carbocycles. The van der Waals surface area contributed by atoms with Gasteiger partial charge in [0, 0.05) is 25.2 Å². The van der Waals surface area contributed by atoms with Crippen molar-refractivity contribution in [1.29, 1.82) is 0 Å². The summed E-state index contributed by atoms with van der Waals surface area (Å²) in [5.74, 6) is 0.639. The minimum Gasteiger partial charge on any atom is -0.300 e. The quantitative estimate of drug-likeness (QED) is 0.628. The first-order chi connectivity index (χ1) is 6.24. The zero-order valence-corrected chi connectivity index (χ0v) is 8.34. The van der Waals surface area contributed by atoms with Crippen LogP contribution in [0.2, 0.25) is 0 Å². The first-order valence-corrected chi connectivity index (χ1v) is 5.28. The number of rotatable bonds is 3. The van der Waals surface area contributed by atoms with Crippen molar-refractivity contribution in [3.05, 3.63) is 0 Å². The van der Waals surface area contributed by atoms with Gasteiger partial charge in [-0.15, -0.1) is 0 Å². The Morgan fingerprint density at radius 3 is 2.92 bits per heavy atom. The lowest BCUT2D eigenvalue weighted by molar-refractivity contribution is -0.127. The fourth-order valence-electron chi connectivity index (χ4n) is 1.92. The van der Waals surface area contributed by atoms with Crippen molar-refractivity contribution in [3.63, 3.8) is 0 Å². The minimum absolute atomic E-state index is 0.0509. The summed E-state index contributed by atoms with van der Waals surface area (Å²) in [4.78, 5) is 22.8. The molecule has 74 valence electrons. The molecule has 0 aliphatic heterocycles. The molecule has 0 radical (unpaired) electrons. The highest BCUT2D eigenvalue weighted by atomic mass is 16.1. The summed E-state index contributed by atoms with van der Waals surface area (Å²) < 4.78 is 0. The number of carbonyl (C=O) groups excluding carboxylic acids is 2. The van der Waals surface area contributed by atoms with E-state index in [1.807, 2.05) is 6.92 Å². The predicted octanol–water partition coefficient (Wildman–Crippen LogP) is 2.51. The Hall–Kier alpha value is -0.660. The van der Waals surface area contributed by atoms with E-state index in [9.17, 15) is 9.59 Å². The summed E-state index contributed by atoms with van der Waals surface area (Å²) >= 11 is 0. The Bertz CT molecular complexity index is 196. The average molecular weight is 182 g/mol. The molecule has 1 aliphatic carbocycles. The molecule has 0 bridgehead atoms. The smallest absolute Gasteiger partial charge is 0.136 e. The van der Waals surface area contributed by atoms with Gasteiger partial charge in [0.1, 0.15) is 11.6 Å². The Balaban J connectivity index is 2.47. The van der Waals surface area contributed by atoms with Crippen LogP contribution in [0.25, 0.3) is 0 Å². The van der Waals surface area contributed by atoms with E-state index in [2.05, 4.69) is 0 Å². The highest BCUT2D eigenvalue weighted by Gasteiger charge is 2.22. The molecule has 13 heavy (non-hydrogen) atoms. The van der Waals surface area contributed by atoms with Crippen LogP contribution in [0.1, 0.15) is 51.9 Å². The molecular formula is C11H18O2. The predicted molar refractivity (Wildman–Crippen MR) is 51.5 cm³/mol. The number of carbonyl (C=O) groups is 2. The molecule has 0 aromatic rings. The van der Waals surface area contributed by atoms with Crippen LogP contribution >= 0.6 is 0 Å². The summed E-state index contributed by atoms with van der Waals surface area (Å²) in [6.07, 6.45) is 5.72. The summed E-state index contributed by atoms with van der Waals surface area (Å²) in [7, 11) is 0. The molecule has 0 N–H and O–H groups in total. The SMILES string of the molecule is CCCC(=O)C1CCCCC(=O)C1. The third kappa shape index (κ3) is 3.29. The summed E-state index contributed by atoms with van der Waals surface area (Å²) in [6.45, 7) is 2.01. The molecule has 1 unspecified atom stereocenters. The number of Topliss-reactive ketones (excluding diaryl/α,β-unsaturated/α-hetero) is 2. The normalized spacial score (nSPS) is 24.1. The molecule has 0 spiro atoms. The van der Waals surface area contributed by atoms with E-state index >= 15 is 0 Å². The van der Waals surface area contributed by atoms with Gasteiger partial charge >= 0.3 is 0 Å². The molecule has 0 saturated heterocycles. The van der Waals surface area contributed by atoms with Gasteiger partial charge in [0.05, 0.1) is 0 Å². The van der Waals surface area contributed by atoms with Gasteiger partial charge in [-0.3, -0.25) is 9.59 Å². The van der Waals surface area contributed by atoms with E-state index in [4.69, 9.17) is 0 Å². The maximum atomic E-state index is 11.5. The lowest BCUT2D eigenvalue weighted by Gasteiger charge is -2.10. The van der Waals surface area contributed by atoms with Gasteiger partial charge in [-0.2, -0.15) is 0 Å². The van der Waals surface area contributed by atoms with Crippen LogP contribution in [-0.4, -0.2) is 11.6 Å². The first kappa shape index (κ1) is 10.4. The second kappa shape index (κ2) is 5.15. The molecule has 2 heteroatoms. The molecule has 1 saturated carbocycles. The fraction of sp³-hybridized carbons (Fsp3) is 0.818. The summed E-state index contributed by atoms with van der Waals surface area (Å²) in [5.41, 5.74) is 0. The summed E-state index contributed by atoms with van der Waals surface area (Å²) in [5, 5.41) is 0. The fourth-order valence-corrected chi connectivity index (χ4v) is 1.92. The first-order valence-electron chi connectivity index (χ1n) is 5.28. The van der Waals surface area contributed by atoms with Crippen LogP contribution in [0.4, 0.5) is 0 Å². The summed E-state index contributed by atoms with van der Waals surface area (Å²) in [6, 6.07) is 0. The van der Waals surface area contributed by atoms with Crippen molar-refractivity contribution >= 4 is 11.6 Å². The Morgan fingerprint density at radius 2 is 2.23 bits per heavy atom. The second-order valence-electron chi connectivity index (χ2n) is 3.90. The van der Waals surface area contributed by atoms with E-state index in [1.54, 1.807) is 0 Å². The van der Waals surface area contributed by atoms with Crippen LogP contribution in [0.3, 0.4) is 0 Å². The van der Waals surface area contributed by atoms with Crippen LogP contribution in [0.5, 0.6) is 0 Å². The van der Waals surface area contributed by atoms with E-state index in [1.165, 1.54) is 0 Å². The average Bonchev–Trinajstić information content (AvgIpc) is 2.30. The molecule has 1 fully saturated rings. The van der Waals surface area contributed by atoms with Crippen molar-refractivity contribution in [1.82, 2.24) is 0 Å². The molecule has 1 atom stereocenters. The third-order valence-electron chi connectivity index (χ3n) is 2.68. The number of ketones is 2. The van der Waals surface area contributed by atoms with Gasteiger partial charge in [-0.25, -0.2) is 0 Å². The van der Waals surface area contributed by atoms with Crippen molar-refractivity contribution in [2.75, 3.05) is 0 Å². The maximum absolute atomic E-state index is 11.5. The van der Waals surface area contributed by atoms with Crippen molar-refractivity contribution in [2.24, 2.45) is 5.92 Å². The monoisotopic (exact) mass is 182 g/mol. The molecule has 1 aliphatic rings. The lowest BCUT2D eigenvalue weighted by atomic mass is 9.93.